The average molecular weight is 257 g/mol. The third-order valence-corrected chi connectivity index (χ3v) is 3.42. The Balaban J connectivity index is 1.91. The number of aromatic nitrogens is 1. The van der Waals surface area contributed by atoms with Crippen molar-refractivity contribution in [3.63, 3.8) is 0 Å². The summed E-state index contributed by atoms with van der Waals surface area (Å²) in [6.07, 6.45) is 1.80. The summed E-state index contributed by atoms with van der Waals surface area (Å²) in [5.74, 6) is -0.207. The van der Waals surface area contributed by atoms with Crippen LogP contribution in [0.2, 0.25) is 0 Å². The Labute approximate surface area is 111 Å². The van der Waals surface area contributed by atoms with Gasteiger partial charge in [0.1, 0.15) is 5.82 Å². The molecule has 3 nitrogen and oxygen atoms in total. The lowest BCUT2D eigenvalue weighted by molar-refractivity contribution is 0.327. The van der Waals surface area contributed by atoms with Gasteiger partial charge in [-0.15, -0.1) is 0 Å². The lowest BCUT2D eigenvalue weighted by Gasteiger charge is -2.33. The van der Waals surface area contributed by atoms with Gasteiger partial charge in [-0.1, -0.05) is 18.2 Å². The van der Waals surface area contributed by atoms with E-state index in [9.17, 15) is 4.39 Å². The predicted molar refractivity (Wildman–Crippen MR) is 72.1 cm³/mol. The molecular formula is C15H16FN3. The zero-order valence-electron chi connectivity index (χ0n) is 10.5. The lowest BCUT2D eigenvalue weighted by atomic mass is 9.94. The summed E-state index contributed by atoms with van der Waals surface area (Å²) in [5.41, 5.74) is 2.08. The molecule has 1 aliphatic rings. The molecule has 98 valence electrons. The highest BCUT2D eigenvalue weighted by Crippen LogP contribution is 2.29. The maximum Gasteiger partial charge on any atom is 0.123 e. The van der Waals surface area contributed by atoms with Gasteiger partial charge in [-0.3, -0.25) is 4.98 Å². The van der Waals surface area contributed by atoms with Crippen molar-refractivity contribution in [1.82, 2.24) is 15.6 Å². The molecule has 1 aromatic carbocycles. The molecule has 1 fully saturated rings. The molecule has 0 spiro atoms. The molecule has 2 unspecified atom stereocenters. The Morgan fingerprint density at radius 1 is 0.947 bits per heavy atom. The molecule has 2 atom stereocenters. The summed E-state index contributed by atoms with van der Waals surface area (Å²) in [7, 11) is 0. The fraction of sp³-hybridized carbons (Fsp3) is 0.267. The van der Waals surface area contributed by atoms with E-state index in [0.717, 1.165) is 24.3 Å². The Hall–Kier alpha value is -1.78. The molecule has 0 bridgehead atoms. The first kappa shape index (κ1) is 12.3. The van der Waals surface area contributed by atoms with Crippen LogP contribution in [0, 0.1) is 5.82 Å². The number of piperazine rings is 1. The van der Waals surface area contributed by atoms with E-state index in [1.54, 1.807) is 6.20 Å². The van der Waals surface area contributed by atoms with Gasteiger partial charge < -0.3 is 10.6 Å². The van der Waals surface area contributed by atoms with Crippen LogP contribution in [0.4, 0.5) is 4.39 Å². The van der Waals surface area contributed by atoms with Crippen LogP contribution in [0.15, 0.2) is 48.7 Å². The minimum atomic E-state index is -0.207. The van der Waals surface area contributed by atoms with Crippen molar-refractivity contribution in [3.05, 3.63) is 65.7 Å². The summed E-state index contributed by atoms with van der Waals surface area (Å²) in [6, 6.07) is 12.8. The van der Waals surface area contributed by atoms with E-state index in [-0.39, 0.29) is 17.9 Å². The minimum absolute atomic E-state index is 0.111. The van der Waals surface area contributed by atoms with Crippen LogP contribution in [0.1, 0.15) is 23.3 Å². The van der Waals surface area contributed by atoms with E-state index >= 15 is 0 Å². The number of nitrogens with one attached hydrogen (secondary N) is 2. The zero-order chi connectivity index (χ0) is 13.1. The highest BCUT2D eigenvalue weighted by Gasteiger charge is 2.27. The van der Waals surface area contributed by atoms with Gasteiger partial charge in [0, 0.05) is 19.3 Å². The van der Waals surface area contributed by atoms with Crippen LogP contribution in [-0.2, 0) is 0 Å². The van der Waals surface area contributed by atoms with E-state index in [2.05, 4.69) is 15.6 Å². The number of rotatable bonds is 2. The van der Waals surface area contributed by atoms with Gasteiger partial charge in [-0.25, -0.2) is 4.39 Å². The second kappa shape index (κ2) is 5.47. The molecule has 0 aliphatic carbocycles. The molecule has 1 aromatic heterocycles. The Kier molecular flexibility index (Phi) is 3.53. The van der Waals surface area contributed by atoms with Crippen LogP contribution in [-0.4, -0.2) is 18.1 Å². The standard InChI is InChI=1S/C15H16FN3/c16-12-6-4-11(5-7-12)14-15(19-10-9-18-14)13-3-1-2-8-17-13/h1-8,14-15,18-19H,9-10H2. The van der Waals surface area contributed by atoms with Crippen LogP contribution < -0.4 is 10.6 Å². The molecule has 2 aromatic rings. The fourth-order valence-electron chi connectivity index (χ4n) is 2.51. The van der Waals surface area contributed by atoms with E-state index in [1.807, 2.05) is 30.3 Å². The molecule has 19 heavy (non-hydrogen) atoms. The van der Waals surface area contributed by atoms with E-state index in [1.165, 1.54) is 12.1 Å². The second-order valence-corrected chi connectivity index (χ2v) is 4.67. The fourth-order valence-corrected chi connectivity index (χ4v) is 2.51. The summed E-state index contributed by atoms with van der Waals surface area (Å²) >= 11 is 0. The largest absolute Gasteiger partial charge is 0.307 e. The molecule has 3 rings (SSSR count). The molecule has 4 heteroatoms. The maximum absolute atomic E-state index is 13.0. The lowest BCUT2D eigenvalue weighted by Crippen LogP contribution is -2.45. The number of halogens is 1. The Bertz CT molecular complexity index is 527. The minimum Gasteiger partial charge on any atom is -0.307 e. The summed E-state index contributed by atoms with van der Waals surface area (Å²) in [4.78, 5) is 4.42. The smallest absolute Gasteiger partial charge is 0.123 e. The maximum atomic E-state index is 13.0. The molecule has 1 saturated heterocycles. The summed E-state index contributed by atoms with van der Waals surface area (Å²) in [5, 5.41) is 6.96. The van der Waals surface area contributed by atoms with E-state index in [4.69, 9.17) is 0 Å². The molecule has 2 heterocycles. The Morgan fingerprint density at radius 2 is 1.68 bits per heavy atom. The van der Waals surface area contributed by atoms with Gasteiger partial charge in [0.25, 0.3) is 0 Å². The number of benzene rings is 1. The van der Waals surface area contributed by atoms with Crippen molar-refractivity contribution in [2.75, 3.05) is 13.1 Å². The average Bonchev–Trinajstić information content (AvgIpc) is 2.49. The van der Waals surface area contributed by atoms with E-state index in [0.29, 0.717) is 0 Å². The normalized spacial score (nSPS) is 23.2. The van der Waals surface area contributed by atoms with Crippen LogP contribution in [0.25, 0.3) is 0 Å². The number of hydrogen-bond acceptors (Lipinski definition) is 3. The third kappa shape index (κ3) is 2.64. The number of pyridine rings is 1. The van der Waals surface area contributed by atoms with Gasteiger partial charge in [0.05, 0.1) is 17.8 Å². The van der Waals surface area contributed by atoms with Crippen LogP contribution >= 0.6 is 0 Å². The molecular weight excluding hydrogens is 241 g/mol. The van der Waals surface area contributed by atoms with Crippen molar-refractivity contribution in [2.45, 2.75) is 12.1 Å². The van der Waals surface area contributed by atoms with Gasteiger partial charge in [-0.2, -0.15) is 0 Å². The quantitative estimate of drug-likeness (QED) is 0.866. The SMILES string of the molecule is Fc1ccc(C2NCCNC2c2ccccn2)cc1. The molecule has 2 N–H and O–H groups in total. The van der Waals surface area contributed by atoms with E-state index < -0.39 is 0 Å². The molecule has 0 amide bonds. The van der Waals surface area contributed by atoms with Gasteiger partial charge in [-0.05, 0) is 29.8 Å². The predicted octanol–water partition coefficient (Wildman–Crippen LogP) is 2.20. The van der Waals surface area contributed by atoms with Crippen molar-refractivity contribution >= 4 is 0 Å². The monoisotopic (exact) mass is 257 g/mol. The molecule has 1 aliphatic heterocycles. The summed E-state index contributed by atoms with van der Waals surface area (Å²) < 4.78 is 13.0. The van der Waals surface area contributed by atoms with Crippen LogP contribution in [0.3, 0.4) is 0 Å². The van der Waals surface area contributed by atoms with Crippen LogP contribution in [0.5, 0.6) is 0 Å². The van der Waals surface area contributed by atoms with Gasteiger partial charge in [0.15, 0.2) is 0 Å². The van der Waals surface area contributed by atoms with Crippen molar-refractivity contribution < 1.29 is 4.39 Å². The van der Waals surface area contributed by atoms with Crippen molar-refractivity contribution in [1.29, 1.82) is 0 Å². The first-order valence-corrected chi connectivity index (χ1v) is 6.48. The highest BCUT2D eigenvalue weighted by atomic mass is 19.1. The first-order valence-electron chi connectivity index (χ1n) is 6.48. The summed E-state index contributed by atoms with van der Waals surface area (Å²) in [6.45, 7) is 1.80. The van der Waals surface area contributed by atoms with Gasteiger partial charge >= 0.3 is 0 Å². The zero-order valence-corrected chi connectivity index (χ0v) is 10.5. The number of nitrogens with zero attached hydrogens (tertiary/aromatic N) is 1. The molecule has 0 saturated carbocycles. The topological polar surface area (TPSA) is 37.0 Å². The second-order valence-electron chi connectivity index (χ2n) is 4.67. The van der Waals surface area contributed by atoms with Crippen molar-refractivity contribution in [3.8, 4) is 0 Å². The van der Waals surface area contributed by atoms with Gasteiger partial charge in [0.2, 0.25) is 0 Å². The van der Waals surface area contributed by atoms with Crippen molar-refractivity contribution in [2.24, 2.45) is 0 Å². The Morgan fingerprint density at radius 3 is 2.37 bits per heavy atom. The highest BCUT2D eigenvalue weighted by molar-refractivity contribution is 5.25. The first-order chi connectivity index (χ1) is 9.34. The third-order valence-electron chi connectivity index (χ3n) is 3.42. The number of hydrogen-bond donors (Lipinski definition) is 2. The molecule has 0 radical (unpaired) electrons.